The van der Waals surface area contributed by atoms with Crippen LogP contribution < -0.4 is 15.1 Å². The smallest absolute Gasteiger partial charge is 0.285 e. The summed E-state index contributed by atoms with van der Waals surface area (Å²) in [6.07, 6.45) is 0.306. The third kappa shape index (κ3) is 3.00. The fourth-order valence-corrected chi connectivity index (χ4v) is 3.26. The highest BCUT2D eigenvalue weighted by atomic mass is 35.5. The predicted molar refractivity (Wildman–Crippen MR) is 80.9 cm³/mol. The van der Waals surface area contributed by atoms with Crippen LogP contribution in [0, 0.1) is 0 Å². The summed E-state index contributed by atoms with van der Waals surface area (Å²) >= 11 is 12.0. The Labute approximate surface area is 132 Å². The van der Waals surface area contributed by atoms with E-state index >= 15 is 0 Å². The van der Waals surface area contributed by atoms with E-state index in [2.05, 4.69) is 10.2 Å². The minimum Gasteiger partial charge on any atom is -0.360 e. The van der Waals surface area contributed by atoms with Crippen LogP contribution >= 0.6 is 23.2 Å². The predicted octanol–water partition coefficient (Wildman–Crippen LogP) is 0.113. The zero-order chi connectivity index (χ0) is 15.0. The zero-order valence-electron chi connectivity index (χ0n) is 11.4. The average Bonchev–Trinajstić information content (AvgIpc) is 2.81. The van der Waals surface area contributed by atoms with Gasteiger partial charge >= 0.3 is 0 Å². The molecule has 1 atom stereocenters. The Balaban J connectivity index is 1.63. The molecule has 0 aromatic heterocycles. The number of amides is 2. The van der Waals surface area contributed by atoms with Crippen LogP contribution in [0.5, 0.6) is 0 Å². The average molecular weight is 329 g/mol. The van der Waals surface area contributed by atoms with Crippen LogP contribution in [0.15, 0.2) is 18.2 Å². The Bertz CT molecular complexity index is 586. The van der Waals surface area contributed by atoms with Gasteiger partial charge in [-0.3, -0.25) is 14.9 Å². The lowest BCUT2D eigenvalue weighted by Gasteiger charge is -2.35. The van der Waals surface area contributed by atoms with E-state index in [1.807, 2.05) is 12.1 Å². The van der Waals surface area contributed by atoms with Gasteiger partial charge in [-0.05, 0) is 18.2 Å². The molecule has 0 bridgehead atoms. The van der Waals surface area contributed by atoms with Gasteiger partial charge in [0.15, 0.2) is 6.04 Å². The fraction of sp³-hybridized carbons (Fsp3) is 0.429. The van der Waals surface area contributed by atoms with Gasteiger partial charge in [0.2, 0.25) is 5.91 Å². The molecule has 0 unspecified atom stereocenters. The number of carbonyl (C=O) groups excluding carboxylic acids is 2. The van der Waals surface area contributed by atoms with Gasteiger partial charge in [0.05, 0.1) is 42.6 Å². The first kappa shape index (κ1) is 14.6. The topological polar surface area (TPSA) is 53.9 Å². The fourth-order valence-electron chi connectivity index (χ4n) is 2.97. The Morgan fingerprint density at radius 3 is 2.43 bits per heavy atom. The van der Waals surface area contributed by atoms with Gasteiger partial charge in [-0.1, -0.05) is 23.2 Å². The van der Waals surface area contributed by atoms with Gasteiger partial charge in [-0.2, -0.15) is 0 Å². The second-order valence-corrected chi connectivity index (χ2v) is 6.23. The van der Waals surface area contributed by atoms with E-state index in [1.54, 1.807) is 6.07 Å². The van der Waals surface area contributed by atoms with Gasteiger partial charge in [0.25, 0.3) is 5.91 Å². The molecule has 2 amide bonds. The van der Waals surface area contributed by atoms with Crippen molar-refractivity contribution >= 4 is 40.7 Å². The number of piperazine rings is 1. The normalized spacial score (nSPS) is 23.5. The van der Waals surface area contributed by atoms with E-state index in [1.165, 1.54) is 4.90 Å². The number of hydrogen-bond donors (Lipinski definition) is 2. The van der Waals surface area contributed by atoms with E-state index in [4.69, 9.17) is 23.2 Å². The van der Waals surface area contributed by atoms with Crippen molar-refractivity contribution in [3.05, 3.63) is 28.2 Å². The molecule has 0 aliphatic carbocycles. The number of carbonyl (C=O) groups is 2. The molecule has 2 fully saturated rings. The molecule has 0 spiro atoms. The van der Waals surface area contributed by atoms with Crippen LogP contribution in [-0.4, -0.2) is 44.0 Å². The Kier molecular flexibility index (Phi) is 4.06. The highest BCUT2D eigenvalue weighted by Gasteiger charge is 2.40. The Morgan fingerprint density at radius 1 is 1.14 bits per heavy atom. The summed E-state index contributed by atoms with van der Waals surface area (Å²) < 4.78 is 0. The molecule has 2 aliphatic heterocycles. The summed E-state index contributed by atoms with van der Waals surface area (Å²) in [7, 11) is 0. The molecule has 3 rings (SSSR count). The first-order valence-corrected chi connectivity index (χ1v) is 7.68. The zero-order valence-corrected chi connectivity index (χ0v) is 12.9. The van der Waals surface area contributed by atoms with E-state index in [9.17, 15) is 9.59 Å². The number of anilines is 1. The number of quaternary nitrogens is 1. The molecular weight excluding hydrogens is 313 g/mol. The molecule has 2 heterocycles. The highest BCUT2D eigenvalue weighted by molar-refractivity contribution is 6.42. The number of hydrogen-bond acceptors (Lipinski definition) is 3. The van der Waals surface area contributed by atoms with E-state index < -0.39 is 0 Å². The van der Waals surface area contributed by atoms with Crippen LogP contribution in [0.1, 0.15) is 6.42 Å². The van der Waals surface area contributed by atoms with Crippen molar-refractivity contribution in [1.29, 1.82) is 0 Å². The number of rotatable bonds is 2. The summed E-state index contributed by atoms with van der Waals surface area (Å²) in [5.74, 6) is -0.303. The number of benzene rings is 1. The maximum Gasteiger partial charge on any atom is 0.285 e. The van der Waals surface area contributed by atoms with Crippen LogP contribution in [0.2, 0.25) is 10.0 Å². The van der Waals surface area contributed by atoms with Crippen molar-refractivity contribution < 1.29 is 14.5 Å². The van der Waals surface area contributed by atoms with Crippen molar-refractivity contribution in [3.63, 3.8) is 0 Å². The van der Waals surface area contributed by atoms with E-state index in [-0.39, 0.29) is 17.9 Å². The molecular formula is C14H16Cl2N3O2+. The summed E-state index contributed by atoms with van der Waals surface area (Å²) in [6.45, 7) is 3.30. The van der Waals surface area contributed by atoms with E-state index in [0.717, 1.165) is 31.9 Å². The van der Waals surface area contributed by atoms with Crippen LogP contribution in [-0.2, 0) is 9.59 Å². The van der Waals surface area contributed by atoms with Crippen molar-refractivity contribution in [2.45, 2.75) is 12.5 Å². The number of imide groups is 1. The van der Waals surface area contributed by atoms with Crippen molar-refractivity contribution in [3.8, 4) is 0 Å². The third-order valence-electron chi connectivity index (χ3n) is 4.14. The van der Waals surface area contributed by atoms with Crippen molar-refractivity contribution in [2.75, 3.05) is 31.1 Å². The lowest BCUT2D eigenvalue weighted by atomic mass is 10.1. The summed E-state index contributed by atoms with van der Waals surface area (Å²) in [6, 6.07) is 5.38. The van der Waals surface area contributed by atoms with Gasteiger partial charge in [-0.15, -0.1) is 0 Å². The first-order valence-electron chi connectivity index (χ1n) is 6.93. The molecule has 21 heavy (non-hydrogen) atoms. The molecule has 2 N–H and O–H groups in total. The Morgan fingerprint density at radius 2 is 1.86 bits per heavy atom. The van der Waals surface area contributed by atoms with Gasteiger partial charge < -0.3 is 9.80 Å². The quantitative estimate of drug-likeness (QED) is 0.758. The largest absolute Gasteiger partial charge is 0.360 e. The lowest BCUT2D eigenvalue weighted by Crippen LogP contribution is -3.19. The molecule has 5 nitrogen and oxygen atoms in total. The van der Waals surface area contributed by atoms with Crippen molar-refractivity contribution in [2.24, 2.45) is 0 Å². The maximum absolute atomic E-state index is 11.7. The standard InChI is InChI=1S/C14H15Cl2N3O2/c15-10-2-1-9(7-11(10)16)18-3-5-19(6-4-18)12-8-13(20)17-14(12)21/h1-2,7,12H,3-6,8H2,(H,17,20,21)/p+1/t12-/m1/s1. The van der Waals surface area contributed by atoms with Gasteiger partial charge in [-0.25, -0.2) is 0 Å². The second-order valence-electron chi connectivity index (χ2n) is 5.41. The minimum absolute atomic E-state index is 0.141. The molecule has 0 radical (unpaired) electrons. The second kappa shape index (κ2) is 5.83. The molecule has 112 valence electrons. The highest BCUT2D eigenvalue weighted by Crippen LogP contribution is 2.27. The molecule has 1 aromatic rings. The minimum atomic E-state index is -0.228. The number of nitrogens with one attached hydrogen (secondary N) is 2. The number of nitrogens with zero attached hydrogens (tertiary/aromatic N) is 1. The summed E-state index contributed by atoms with van der Waals surface area (Å²) in [4.78, 5) is 26.4. The van der Waals surface area contributed by atoms with Crippen molar-refractivity contribution in [1.82, 2.24) is 5.32 Å². The monoisotopic (exact) mass is 328 g/mol. The van der Waals surface area contributed by atoms with Crippen LogP contribution in [0.4, 0.5) is 5.69 Å². The van der Waals surface area contributed by atoms with Crippen LogP contribution in [0.25, 0.3) is 0 Å². The first-order chi connectivity index (χ1) is 10.0. The third-order valence-corrected chi connectivity index (χ3v) is 4.87. The molecule has 2 aliphatic rings. The lowest BCUT2D eigenvalue weighted by molar-refractivity contribution is -0.915. The van der Waals surface area contributed by atoms with Gasteiger partial charge in [0, 0.05) is 5.69 Å². The molecule has 7 heteroatoms. The summed E-state index contributed by atoms with van der Waals surface area (Å²) in [5.41, 5.74) is 1.04. The number of halogens is 2. The molecule has 1 aromatic carbocycles. The summed E-state index contributed by atoms with van der Waals surface area (Å²) in [5, 5.41) is 3.47. The van der Waals surface area contributed by atoms with E-state index in [0.29, 0.717) is 16.5 Å². The molecule has 0 saturated carbocycles. The van der Waals surface area contributed by atoms with Crippen LogP contribution in [0.3, 0.4) is 0 Å². The maximum atomic E-state index is 11.7. The SMILES string of the molecule is O=C1C[C@@H]([NH+]2CCN(c3ccc(Cl)c(Cl)c3)CC2)C(=O)N1. The molecule has 2 saturated heterocycles. The van der Waals surface area contributed by atoms with Gasteiger partial charge in [0.1, 0.15) is 0 Å². The Hall–Kier alpha value is -1.30.